The monoisotopic (exact) mass is 275 g/mol. The van der Waals surface area contributed by atoms with Gasteiger partial charge in [0.15, 0.2) is 0 Å². The average molecular weight is 275 g/mol. The van der Waals surface area contributed by atoms with Gasteiger partial charge in [-0.1, -0.05) is 25.3 Å². The number of rotatable bonds is 8. The average Bonchev–Trinajstić information content (AvgIpc) is 2.52. The molecule has 0 aliphatic carbocycles. The van der Waals surface area contributed by atoms with Crippen molar-refractivity contribution in [2.24, 2.45) is 0 Å². The Hall–Kier alpha value is -1.09. The molecule has 0 amide bonds. The fourth-order valence-corrected chi connectivity index (χ4v) is 2.92. The highest BCUT2D eigenvalue weighted by atomic mass is 15.2. The molecule has 0 N–H and O–H groups in total. The van der Waals surface area contributed by atoms with Gasteiger partial charge in [0.1, 0.15) is 5.82 Å². The Morgan fingerprint density at radius 2 is 1.85 bits per heavy atom. The first-order valence-electron chi connectivity index (χ1n) is 8.21. The molecule has 1 fully saturated rings. The number of pyridine rings is 1. The Labute approximate surface area is 124 Å². The summed E-state index contributed by atoms with van der Waals surface area (Å²) in [6.45, 7) is 5.10. The van der Waals surface area contributed by atoms with E-state index in [2.05, 4.69) is 34.0 Å². The van der Waals surface area contributed by atoms with Crippen LogP contribution < -0.4 is 4.90 Å². The van der Waals surface area contributed by atoms with E-state index < -0.39 is 0 Å². The number of piperidine rings is 1. The van der Waals surface area contributed by atoms with Crippen LogP contribution in [-0.4, -0.2) is 43.1 Å². The molecule has 20 heavy (non-hydrogen) atoms. The molecule has 1 aromatic heterocycles. The summed E-state index contributed by atoms with van der Waals surface area (Å²) >= 11 is 0. The predicted octanol–water partition coefficient (Wildman–Crippen LogP) is 3.56. The number of hydrogen-bond acceptors (Lipinski definition) is 3. The topological polar surface area (TPSA) is 19.4 Å². The van der Waals surface area contributed by atoms with Gasteiger partial charge in [-0.15, -0.1) is 0 Å². The number of aromatic nitrogens is 1. The molecule has 1 saturated heterocycles. The number of nitrogens with zero attached hydrogens (tertiary/aromatic N) is 3. The van der Waals surface area contributed by atoms with E-state index >= 15 is 0 Å². The van der Waals surface area contributed by atoms with Gasteiger partial charge in [0.05, 0.1) is 0 Å². The van der Waals surface area contributed by atoms with Crippen LogP contribution in [0.15, 0.2) is 24.4 Å². The summed E-state index contributed by atoms with van der Waals surface area (Å²) in [5.41, 5.74) is 0. The van der Waals surface area contributed by atoms with Gasteiger partial charge in [-0.2, -0.15) is 0 Å². The molecular weight excluding hydrogens is 246 g/mol. The summed E-state index contributed by atoms with van der Waals surface area (Å²) in [6, 6.07) is 6.10. The molecule has 0 unspecified atom stereocenters. The Bertz CT molecular complexity index is 347. The maximum Gasteiger partial charge on any atom is 0.128 e. The van der Waals surface area contributed by atoms with Crippen LogP contribution in [0.5, 0.6) is 0 Å². The van der Waals surface area contributed by atoms with Crippen molar-refractivity contribution in [3.05, 3.63) is 24.4 Å². The van der Waals surface area contributed by atoms with Crippen molar-refractivity contribution in [2.45, 2.75) is 44.9 Å². The summed E-state index contributed by atoms with van der Waals surface area (Å²) in [5, 5.41) is 0. The first-order valence-corrected chi connectivity index (χ1v) is 8.21. The molecule has 1 aromatic rings. The molecule has 3 heteroatoms. The van der Waals surface area contributed by atoms with Crippen molar-refractivity contribution < 1.29 is 0 Å². The smallest absolute Gasteiger partial charge is 0.128 e. The van der Waals surface area contributed by atoms with Crippen LogP contribution >= 0.6 is 0 Å². The van der Waals surface area contributed by atoms with Crippen LogP contribution in [0.2, 0.25) is 0 Å². The quantitative estimate of drug-likeness (QED) is 0.676. The lowest BCUT2D eigenvalue weighted by Crippen LogP contribution is -2.30. The molecule has 0 radical (unpaired) electrons. The van der Waals surface area contributed by atoms with Crippen molar-refractivity contribution in [1.29, 1.82) is 0 Å². The van der Waals surface area contributed by atoms with E-state index in [-0.39, 0.29) is 0 Å². The minimum absolute atomic E-state index is 1.08. The lowest BCUT2D eigenvalue weighted by molar-refractivity contribution is 0.224. The Kier molecular flexibility index (Phi) is 6.85. The number of hydrogen-bond donors (Lipinski definition) is 0. The lowest BCUT2D eigenvalue weighted by atomic mass is 10.1. The number of unbranched alkanes of at least 4 members (excludes halogenated alkanes) is 3. The van der Waals surface area contributed by atoms with Crippen molar-refractivity contribution in [1.82, 2.24) is 9.88 Å². The van der Waals surface area contributed by atoms with Gasteiger partial charge < -0.3 is 9.80 Å². The maximum absolute atomic E-state index is 4.37. The molecule has 2 rings (SSSR count). The zero-order chi connectivity index (χ0) is 14.0. The summed E-state index contributed by atoms with van der Waals surface area (Å²) in [6.07, 6.45) is 11.5. The maximum atomic E-state index is 4.37. The van der Waals surface area contributed by atoms with Gasteiger partial charge >= 0.3 is 0 Å². The third-order valence-electron chi connectivity index (χ3n) is 4.21. The van der Waals surface area contributed by atoms with Crippen LogP contribution in [0.4, 0.5) is 5.82 Å². The van der Waals surface area contributed by atoms with Crippen molar-refractivity contribution in [3.8, 4) is 0 Å². The normalized spacial score (nSPS) is 16.2. The zero-order valence-electron chi connectivity index (χ0n) is 12.9. The molecule has 1 aliphatic heterocycles. The molecule has 0 saturated carbocycles. The summed E-state index contributed by atoms with van der Waals surface area (Å²) < 4.78 is 0. The molecule has 112 valence electrons. The molecule has 0 atom stereocenters. The Morgan fingerprint density at radius 3 is 2.60 bits per heavy atom. The van der Waals surface area contributed by atoms with Gasteiger partial charge in [0.2, 0.25) is 0 Å². The highest BCUT2D eigenvalue weighted by Gasteiger charge is 2.08. The highest BCUT2D eigenvalue weighted by Crippen LogP contribution is 2.11. The minimum atomic E-state index is 1.08. The predicted molar refractivity (Wildman–Crippen MR) is 86.3 cm³/mol. The standard InChI is InChI=1S/C17H29N3/c1-19(17-11-5-6-12-18-17)13-7-2-3-8-14-20-15-9-4-10-16-20/h5-6,11-12H,2-4,7-10,13-16H2,1H3. The van der Waals surface area contributed by atoms with E-state index in [1.165, 1.54) is 64.6 Å². The van der Waals surface area contributed by atoms with Crippen molar-refractivity contribution in [3.63, 3.8) is 0 Å². The highest BCUT2D eigenvalue weighted by molar-refractivity contribution is 5.35. The molecular formula is C17H29N3. The van der Waals surface area contributed by atoms with Gasteiger partial charge in [-0.25, -0.2) is 4.98 Å². The second-order valence-electron chi connectivity index (χ2n) is 5.93. The van der Waals surface area contributed by atoms with Gasteiger partial charge in [0, 0.05) is 19.8 Å². The van der Waals surface area contributed by atoms with E-state index in [0.29, 0.717) is 0 Å². The first-order chi connectivity index (χ1) is 9.86. The van der Waals surface area contributed by atoms with E-state index in [1.807, 2.05) is 12.3 Å². The van der Waals surface area contributed by atoms with Crippen LogP contribution in [0, 0.1) is 0 Å². The Morgan fingerprint density at radius 1 is 1.05 bits per heavy atom. The van der Waals surface area contributed by atoms with Gasteiger partial charge in [-0.05, 0) is 57.5 Å². The van der Waals surface area contributed by atoms with Gasteiger partial charge in [0.25, 0.3) is 0 Å². The van der Waals surface area contributed by atoms with E-state index in [1.54, 1.807) is 0 Å². The van der Waals surface area contributed by atoms with Crippen molar-refractivity contribution >= 4 is 5.82 Å². The summed E-state index contributed by atoms with van der Waals surface area (Å²) in [4.78, 5) is 9.27. The van der Waals surface area contributed by atoms with Gasteiger partial charge in [-0.3, -0.25) is 0 Å². The SMILES string of the molecule is CN(CCCCCCN1CCCCC1)c1ccccn1. The second kappa shape index (κ2) is 8.96. The van der Waals surface area contributed by atoms with E-state index in [4.69, 9.17) is 0 Å². The van der Waals surface area contributed by atoms with Crippen molar-refractivity contribution in [2.75, 3.05) is 38.1 Å². The second-order valence-corrected chi connectivity index (χ2v) is 5.93. The fraction of sp³-hybridized carbons (Fsp3) is 0.706. The van der Waals surface area contributed by atoms with E-state index in [0.717, 1.165) is 12.4 Å². The third-order valence-corrected chi connectivity index (χ3v) is 4.21. The van der Waals surface area contributed by atoms with Crippen LogP contribution in [0.3, 0.4) is 0 Å². The lowest BCUT2D eigenvalue weighted by Gasteiger charge is -2.26. The molecule has 1 aliphatic rings. The zero-order valence-corrected chi connectivity index (χ0v) is 12.9. The van der Waals surface area contributed by atoms with Crippen LogP contribution in [-0.2, 0) is 0 Å². The molecule has 2 heterocycles. The summed E-state index contributed by atoms with van der Waals surface area (Å²) in [7, 11) is 2.13. The molecule has 3 nitrogen and oxygen atoms in total. The number of likely N-dealkylation sites (tertiary alicyclic amines) is 1. The van der Waals surface area contributed by atoms with E-state index in [9.17, 15) is 0 Å². The largest absolute Gasteiger partial charge is 0.360 e. The molecule has 0 aromatic carbocycles. The molecule has 0 bridgehead atoms. The fourth-order valence-electron chi connectivity index (χ4n) is 2.92. The minimum Gasteiger partial charge on any atom is -0.360 e. The van der Waals surface area contributed by atoms with Crippen LogP contribution in [0.25, 0.3) is 0 Å². The first kappa shape index (κ1) is 15.3. The third kappa shape index (κ3) is 5.49. The Balaban J connectivity index is 1.49. The van der Waals surface area contributed by atoms with Crippen LogP contribution in [0.1, 0.15) is 44.9 Å². The number of anilines is 1. The summed E-state index contributed by atoms with van der Waals surface area (Å²) in [5.74, 6) is 1.08. The molecule has 0 spiro atoms.